The highest BCUT2D eigenvalue weighted by molar-refractivity contribution is 5.13. The topological polar surface area (TPSA) is 47.7 Å². The van der Waals surface area contributed by atoms with Crippen LogP contribution in [0.15, 0.2) is 0 Å². The minimum Gasteiger partial charge on any atom is -0.380 e. The van der Waals surface area contributed by atoms with Gasteiger partial charge in [0, 0.05) is 19.2 Å². The lowest BCUT2D eigenvalue weighted by molar-refractivity contribution is -0.106. The Bertz CT molecular complexity index is 311. The van der Waals surface area contributed by atoms with Gasteiger partial charge in [-0.2, -0.15) is 0 Å². The summed E-state index contributed by atoms with van der Waals surface area (Å²) in [6, 6.07) is 0.463. The van der Waals surface area contributed by atoms with Gasteiger partial charge in [0.1, 0.15) is 0 Å². The fourth-order valence-corrected chi connectivity index (χ4v) is 3.93. The van der Waals surface area contributed by atoms with E-state index in [4.69, 9.17) is 15.2 Å². The number of nitrogens with zero attached hydrogens (tertiary/aromatic N) is 1. The van der Waals surface area contributed by atoms with Gasteiger partial charge in [-0.25, -0.2) is 0 Å². The molecule has 2 fully saturated rings. The maximum atomic E-state index is 6.26. The van der Waals surface area contributed by atoms with Gasteiger partial charge in [-0.1, -0.05) is 0 Å². The lowest BCUT2D eigenvalue weighted by Crippen LogP contribution is -2.64. The second-order valence-electron chi connectivity index (χ2n) is 6.91. The predicted octanol–water partition coefficient (Wildman–Crippen LogP) is 1.38. The van der Waals surface area contributed by atoms with E-state index >= 15 is 0 Å². The van der Waals surface area contributed by atoms with Crippen LogP contribution < -0.4 is 5.73 Å². The van der Waals surface area contributed by atoms with Gasteiger partial charge in [0.25, 0.3) is 0 Å². The number of hydrogen-bond donors (Lipinski definition) is 1. The zero-order valence-corrected chi connectivity index (χ0v) is 12.5. The van der Waals surface area contributed by atoms with E-state index in [9.17, 15) is 0 Å². The molecule has 0 aromatic carbocycles. The molecule has 0 amide bonds. The maximum Gasteiger partial charge on any atom is 0.0830 e. The van der Waals surface area contributed by atoms with Gasteiger partial charge >= 0.3 is 0 Å². The molecule has 0 radical (unpaired) electrons. The standard InChI is InChI=1S/C14H28N2O2/c1-12(2)9-14(10-15,13(3,4)18-12)16(5)11-6-7-17-8-11/h11H,6-10,15H2,1-5H3. The third-order valence-electron chi connectivity index (χ3n) is 4.84. The fraction of sp³-hybridized carbons (Fsp3) is 1.00. The molecule has 2 unspecified atom stereocenters. The first-order chi connectivity index (χ1) is 8.24. The Labute approximate surface area is 111 Å². The molecule has 2 heterocycles. The van der Waals surface area contributed by atoms with Gasteiger partial charge in [-0.05, 0) is 47.6 Å². The second-order valence-corrected chi connectivity index (χ2v) is 6.91. The van der Waals surface area contributed by atoms with Crippen molar-refractivity contribution in [1.29, 1.82) is 0 Å². The summed E-state index contributed by atoms with van der Waals surface area (Å²) in [7, 11) is 2.18. The third-order valence-corrected chi connectivity index (χ3v) is 4.84. The highest BCUT2D eigenvalue weighted by Gasteiger charge is 2.59. The minimum absolute atomic E-state index is 0.102. The highest BCUT2D eigenvalue weighted by atomic mass is 16.5. The zero-order chi connectivity index (χ0) is 13.6. The van der Waals surface area contributed by atoms with Crippen molar-refractivity contribution in [1.82, 2.24) is 4.90 Å². The van der Waals surface area contributed by atoms with E-state index in [2.05, 4.69) is 39.6 Å². The van der Waals surface area contributed by atoms with E-state index in [-0.39, 0.29) is 16.7 Å². The Morgan fingerprint density at radius 2 is 1.94 bits per heavy atom. The molecule has 0 bridgehead atoms. The summed E-state index contributed by atoms with van der Waals surface area (Å²) in [4.78, 5) is 2.43. The molecule has 2 saturated heterocycles. The molecule has 4 heteroatoms. The first kappa shape index (κ1) is 14.3. The van der Waals surface area contributed by atoms with Gasteiger partial charge < -0.3 is 15.2 Å². The largest absolute Gasteiger partial charge is 0.380 e. The van der Waals surface area contributed by atoms with Crippen LogP contribution in [0.1, 0.15) is 40.5 Å². The van der Waals surface area contributed by atoms with Crippen molar-refractivity contribution in [2.24, 2.45) is 5.73 Å². The number of hydrogen-bond acceptors (Lipinski definition) is 4. The van der Waals surface area contributed by atoms with Crippen molar-refractivity contribution in [3.8, 4) is 0 Å². The average Bonchev–Trinajstić information content (AvgIpc) is 2.81. The zero-order valence-electron chi connectivity index (χ0n) is 12.5. The molecular formula is C14H28N2O2. The van der Waals surface area contributed by atoms with E-state index in [1.54, 1.807) is 0 Å². The summed E-state index contributed by atoms with van der Waals surface area (Å²) >= 11 is 0. The van der Waals surface area contributed by atoms with Gasteiger partial charge in [0.05, 0.1) is 23.3 Å². The molecule has 2 N–H and O–H groups in total. The number of ether oxygens (including phenoxy) is 2. The number of rotatable bonds is 3. The summed E-state index contributed by atoms with van der Waals surface area (Å²) < 4.78 is 11.8. The Morgan fingerprint density at radius 3 is 2.33 bits per heavy atom. The number of likely N-dealkylation sites (N-methyl/N-ethyl adjacent to an activating group) is 1. The van der Waals surface area contributed by atoms with Gasteiger partial charge in [0.2, 0.25) is 0 Å². The molecule has 0 aliphatic carbocycles. The maximum absolute atomic E-state index is 6.26. The molecule has 0 aromatic heterocycles. The Hall–Kier alpha value is -0.160. The van der Waals surface area contributed by atoms with Crippen LogP contribution >= 0.6 is 0 Å². The monoisotopic (exact) mass is 256 g/mol. The molecular weight excluding hydrogens is 228 g/mol. The molecule has 4 nitrogen and oxygen atoms in total. The van der Waals surface area contributed by atoms with Crippen LogP contribution in [0.5, 0.6) is 0 Å². The summed E-state index contributed by atoms with van der Waals surface area (Å²) in [5.41, 5.74) is 5.72. The number of nitrogens with two attached hydrogens (primary N) is 1. The summed E-state index contributed by atoms with van der Waals surface area (Å²) in [5.74, 6) is 0. The van der Waals surface area contributed by atoms with Crippen LogP contribution in [0.4, 0.5) is 0 Å². The van der Waals surface area contributed by atoms with Crippen molar-refractivity contribution < 1.29 is 9.47 Å². The fourth-order valence-electron chi connectivity index (χ4n) is 3.93. The quantitative estimate of drug-likeness (QED) is 0.829. The lowest BCUT2D eigenvalue weighted by Gasteiger charge is -2.48. The summed E-state index contributed by atoms with van der Waals surface area (Å²) in [6.45, 7) is 10.9. The van der Waals surface area contributed by atoms with Crippen molar-refractivity contribution in [3.05, 3.63) is 0 Å². The minimum atomic E-state index is -0.234. The van der Waals surface area contributed by atoms with Crippen LogP contribution in [0.25, 0.3) is 0 Å². The van der Waals surface area contributed by atoms with Crippen LogP contribution in [0.2, 0.25) is 0 Å². The Morgan fingerprint density at radius 1 is 1.28 bits per heavy atom. The molecule has 0 spiro atoms. The van der Waals surface area contributed by atoms with E-state index in [1.165, 1.54) is 0 Å². The normalized spacial score (nSPS) is 38.5. The van der Waals surface area contributed by atoms with E-state index in [1.807, 2.05) is 0 Å². The molecule has 106 valence electrons. The molecule has 0 aromatic rings. The van der Waals surface area contributed by atoms with Gasteiger partial charge in [-0.15, -0.1) is 0 Å². The van der Waals surface area contributed by atoms with Gasteiger partial charge in [-0.3, -0.25) is 4.90 Å². The first-order valence-electron chi connectivity index (χ1n) is 6.95. The second kappa shape index (κ2) is 4.44. The van der Waals surface area contributed by atoms with Crippen LogP contribution in [0, 0.1) is 0 Å². The van der Waals surface area contributed by atoms with Crippen molar-refractivity contribution in [3.63, 3.8) is 0 Å². The van der Waals surface area contributed by atoms with E-state index in [0.717, 1.165) is 26.1 Å². The van der Waals surface area contributed by atoms with Gasteiger partial charge in [0.15, 0.2) is 0 Å². The van der Waals surface area contributed by atoms with Crippen molar-refractivity contribution >= 4 is 0 Å². The SMILES string of the molecule is CN(C1CCOC1)C1(CN)CC(C)(C)OC1(C)C. The van der Waals surface area contributed by atoms with Crippen LogP contribution in [-0.4, -0.2) is 54.5 Å². The van der Waals surface area contributed by atoms with Crippen LogP contribution in [0.3, 0.4) is 0 Å². The van der Waals surface area contributed by atoms with Crippen LogP contribution in [-0.2, 0) is 9.47 Å². The summed E-state index contributed by atoms with van der Waals surface area (Å²) in [6.07, 6.45) is 2.06. The van der Waals surface area contributed by atoms with E-state index < -0.39 is 0 Å². The van der Waals surface area contributed by atoms with E-state index in [0.29, 0.717) is 12.6 Å². The third kappa shape index (κ3) is 2.09. The summed E-state index contributed by atoms with van der Waals surface area (Å²) in [5, 5.41) is 0. The smallest absolute Gasteiger partial charge is 0.0830 e. The molecule has 2 aliphatic heterocycles. The first-order valence-corrected chi connectivity index (χ1v) is 6.95. The lowest BCUT2D eigenvalue weighted by atomic mass is 9.77. The average molecular weight is 256 g/mol. The molecule has 18 heavy (non-hydrogen) atoms. The predicted molar refractivity (Wildman–Crippen MR) is 72.6 cm³/mol. The molecule has 2 rings (SSSR count). The highest BCUT2D eigenvalue weighted by Crippen LogP contribution is 2.48. The Balaban J connectivity index is 2.29. The molecule has 2 aliphatic rings. The van der Waals surface area contributed by atoms with Crippen molar-refractivity contribution in [2.45, 2.75) is 63.3 Å². The Kier molecular flexibility index (Phi) is 3.52. The molecule has 2 atom stereocenters. The van der Waals surface area contributed by atoms with Crippen molar-refractivity contribution in [2.75, 3.05) is 26.8 Å². The molecule has 0 saturated carbocycles.